The molecular weight excluding hydrogens is 248 g/mol. The van der Waals surface area contributed by atoms with E-state index in [2.05, 4.69) is 6.20 Å². The van der Waals surface area contributed by atoms with Crippen LogP contribution in [0.15, 0.2) is 54.6 Å². The Hall–Kier alpha value is -2.55. The second kappa shape index (κ2) is 4.85. The first-order chi connectivity index (χ1) is 9.66. The second-order valence-electron chi connectivity index (χ2n) is 4.81. The van der Waals surface area contributed by atoms with Crippen molar-refractivity contribution in [1.29, 1.82) is 0 Å². The van der Waals surface area contributed by atoms with Gasteiger partial charge in [0.15, 0.2) is 0 Å². The number of carbonyl (C=O) groups excluding carboxylic acids is 1. The van der Waals surface area contributed by atoms with Crippen LogP contribution in [0.25, 0.3) is 10.9 Å². The topological polar surface area (TPSA) is 25.2 Å². The van der Waals surface area contributed by atoms with Crippen LogP contribution in [-0.4, -0.2) is 17.5 Å². The van der Waals surface area contributed by atoms with E-state index in [9.17, 15) is 4.79 Å². The van der Waals surface area contributed by atoms with Gasteiger partial charge in [0.25, 0.3) is 5.91 Å². The zero-order chi connectivity index (χ0) is 14.1. The fraction of sp³-hybridized carbons (Fsp3) is 0.118. The maximum atomic E-state index is 12.4. The molecule has 0 atom stereocenters. The van der Waals surface area contributed by atoms with Gasteiger partial charge in [0.1, 0.15) is 0 Å². The Morgan fingerprint density at radius 2 is 1.90 bits per heavy atom. The molecule has 1 radical (unpaired) electrons. The van der Waals surface area contributed by atoms with Gasteiger partial charge >= 0.3 is 0 Å². The number of hydrogen-bond acceptors (Lipinski definition) is 1. The first-order valence-corrected chi connectivity index (χ1v) is 6.47. The van der Waals surface area contributed by atoms with Gasteiger partial charge in [0.05, 0.1) is 6.20 Å². The fourth-order valence-electron chi connectivity index (χ4n) is 2.30. The van der Waals surface area contributed by atoms with E-state index >= 15 is 0 Å². The summed E-state index contributed by atoms with van der Waals surface area (Å²) in [6.07, 6.45) is 3.12. The lowest BCUT2D eigenvalue weighted by molar-refractivity contribution is 0.0993. The number of nitrogens with zero attached hydrogens (tertiary/aromatic N) is 2. The summed E-state index contributed by atoms with van der Waals surface area (Å²) in [6.45, 7) is 0. The minimum atomic E-state index is -0.00939. The van der Waals surface area contributed by atoms with Crippen molar-refractivity contribution in [1.82, 2.24) is 4.57 Å². The first-order valence-electron chi connectivity index (χ1n) is 6.47. The van der Waals surface area contributed by atoms with Crippen LogP contribution < -0.4 is 4.90 Å². The Balaban J connectivity index is 1.96. The number of anilines is 1. The minimum Gasteiger partial charge on any atom is -0.342 e. The van der Waals surface area contributed by atoms with Crippen LogP contribution in [0.4, 0.5) is 5.69 Å². The van der Waals surface area contributed by atoms with Crippen molar-refractivity contribution in [3.63, 3.8) is 0 Å². The van der Waals surface area contributed by atoms with Crippen molar-refractivity contribution in [2.45, 2.75) is 0 Å². The monoisotopic (exact) mass is 263 g/mol. The van der Waals surface area contributed by atoms with E-state index in [0.717, 1.165) is 16.6 Å². The molecule has 3 nitrogen and oxygen atoms in total. The van der Waals surface area contributed by atoms with E-state index in [-0.39, 0.29) is 5.91 Å². The zero-order valence-corrected chi connectivity index (χ0v) is 11.5. The van der Waals surface area contributed by atoms with E-state index in [1.165, 1.54) is 0 Å². The molecular formula is C17H15N2O. The molecule has 3 aromatic rings. The Bertz CT molecular complexity index is 759. The molecule has 1 heterocycles. The SMILES string of the molecule is CN(C(=O)c1ccccc1)c1ccc2c(c[c]n2C)c1. The van der Waals surface area contributed by atoms with Crippen molar-refractivity contribution in [2.24, 2.45) is 7.05 Å². The van der Waals surface area contributed by atoms with E-state index in [0.29, 0.717) is 5.56 Å². The summed E-state index contributed by atoms with van der Waals surface area (Å²) >= 11 is 0. The molecule has 1 amide bonds. The fourth-order valence-corrected chi connectivity index (χ4v) is 2.30. The molecule has 20 heavy (non-hydrogen) atoms. The lowest BCUT2D eigenvalue weighted by Crippen LogP contribution is -2.26. The molecule has 0 saturated carbocycles. The quantitative estimate of drug-likeness (QED) is 0.696. The Labute approximate surface area is 118 Å². The summed E-state index contributed by atoms with van der Waals surface area (Å²) in [4.78, 5) is 14.1. The molecule has 0 aliphatic heterocycles. The molecule has 0 aliphatic rings. The van der Waals surface area contributed by atoms with E-state index in [1.807, 2.05) is 66.2 Å². The van der Waals surface area contributed by atoms with E-state index < -0.39 is 0 Å². The smallest absolute Gasteiger partial charge is 0.258 e. The molecule has 2 aromatic carbocycles. The maximum absolute atomic E-state index is 12.4. The largest absolute Gasteiger partial charge is 0.342 e. The van der Waals surface area contributed by atoms with Gasteiger partial charge in [-0.25, -0.2) is 0 Å². The second-order valence-corrected chi connectivity index (χ2v) is 4.81. The highest BCUT2D eigenvalue weighted by Crippen LogP contribution is 2.22. The van der Waals surface area contributed by atoms with Crippen LogP contribution >= 0.6 is 0 Å². The lowest BCUT2D eigenvalue weighted by Gasteiger charge is -2.17. The van der Waals surface area contributed by atoms with Gasteiger partial charge in [0, 0.05) is 36.2 Å². The van der Waals surface area contributed by atoms with Crippen LogP contribution in [0.1, 0.15) is 10.4 Å². The molecule has 0 bridgehead atoms. The highest BCUT2D eigenvalue weighted by Gasteiger charge is 2.13. The van der Waals surface area contributed by atoms with Crippen molar-refractivity contribution in [2.75, 3.05) is 11.9 Å². The number of carbonyl (C=O) groups is 1. The summed E-state index contributed by atoms with van der Waals surface area (Å²) in [5.41, 5.74) is 2.68. The average molecular weight is 263 g/mol. The molecule has 99 valence electrons. The number of hydrogen-bond donors (Lipinski definition) is 0. The summed E-state index contributed by atoms with van der Waals surface area (Å²) in [5.74, 6) is -0.00939. The number of fused-ring (bicyclic) bond motifs is 1. The predicted octanol–water partition coefficient (Wildman–Crippen LogP) is 3.26. The van der Waals surface area contributed by atoms with Crippen molar-refractivity contribution in [3.8, 4) is 0 Å². The number of benzene rings is 2. The predicted molar refractivity (Wildman–Crippen MR) is 80.9 cm³/mol. The number of aromatic nitrogens is 1. The molecule has 0 N–H and O–H groups in total. The lowest BCUT2D eigenvalue weighted by atomic mass is 10.1. The van der Waals surface area contributed by atoms with E-state index in [1.54, 1.807) is 11.9 Å². The van der Waals surface area contributed by atoms with E-state index in [4.69, 9.17) is 0 Å². The molecule has 0 spiro atoms. The zero-order valence-electron chi connectivity index (χ0n) is 11.5. The van der Waals surface area contributed by atoms with Crippen LogP contribution in [0, 0.1) is 6.20 Å². The van der Waals surface area contributed by atoms with Crippen molar-refractivity contribution < 1.29 is 4.79 Å². The molecule has 0 fully saturated rings. The number of aryl methyl sites for hydroxylation is 1. The average Bonchev–Trinajstić information content (AvgIpc) is 2.87. The van der Waals surface area contributed by atoms with Gasteiger partial charge in [-0.2, -0.15) is 0 Å². The molecule has 1 aromatic heterocycles. The summed E-state index contributed by atoms with van der Waals surface area (Å²) in [5, 5.41) is 1.08. The molecule has 0 saturated heterocycles. The molecule has 0 unspecified atom stereocenters. The third kappa shape index (κ3) is 2.07. The van der Waals surface area contributed by atoms with Crippen LogP contribution in [0.5, 0.6) is 0 Å². The van der Waals surface area contributed by atoms with Gasteiger partial charge in [-0.1, -0.05) is 18.2 Å². The summed E-state index contributed by atoms with van der Waals surface area (Å²) in [7, 11) is 3.75. The van der Waals surface area contributed by atoms with Crippen molar-refractivity contribution in [3.05, 3.63) is 66.4 Å². The highest BCUT2D eigenvalue weighted by molar-refractivity contribution is 6.06. The van der Waals surface area contributed by atoms with Gasteiger partial charge in [-0.15, -0.1) is 0 Å². The molecule has 3 rings (SSSR count). The maximum Gasteiger partial charge on any atom is 0.258 e. The van der Waals surface area contributed by atoms with Crippen LogP contribution in [0.2, 0.25) is 0 Å². The highest BCUT2D eigenvalue weighted by atomic mass is 16.2. The number of rotatable bonds is 2. The molecule has 3 heteroatoms. The minimum absolute atomic E-state index is 0.00939. The van der Waals surface area contributed by atoms with Gasteiger partial charge in [0.2, 0.25) is 0 Å². The van der Waals surface area contributed by atoms with Gasteiger partial charge in [-0.3, -0.25) is 4.79 Å². The third-order valence-corrected chi connectivity index (χ3v) is 3.50. The Kier molecular flexibility index (Phi) is 3.03. The Morgan fingerprint density at radius 1 is 1.15 bits per heavy atom. The third-order valence-electron chi connectivity index (χ3n) is 3.50. The van der Waals surface area contributed by atoms with Gasteiger partial charge in [-0.05, 0) is 36.4 Å². The van der Waals surface area contributed by atoms with Crippen LogP contribution in [0.3, 0.4) is 0 Å². The normalized spacial score (nSPS) is 10.7. The van der Waals surface area contributed by atoms with Gasteiger partial charge < -0.3 is 9.47 Å². The first kappa shape index (κ1) is 12.5. The Morgan fingerprint density at radius 3 is 2.65 bits per heavy atom. The summed E-state index contributed by atoms with van der Waals surface area (Å²) < 4.78 is 1.94. The number of amides is 1. The van der Waals surface area contributed by atoms with Crippen LogP contribution in [-0.2, 0) is 7.05 Å². The molecule has 0 aliphatic carbocycles. The van der Waals surface area contributed by atoms with Crippen molar-refractivity contribution >= 4 is 22.5 Å². The standard InChI is InChI=1S/C17H15N2O/c1-18-11-10-14-12-15(8-9-16(14)18)19(2)17(20)13-6-4-3-5-7-13/h3-10,12H,1-2H3. The summed E-state index contributed by atoms with van der Waals surface area (Å²) in [6, 6.07) is 17.2.